The highest BCUT2D eigenvalue weighted by Gasteiger charge is 2.29. The average Bonchev–Trinajstić information content (AvgIpc) is 2.47. The summed E-state index contributed by atoms with van der Waals surface area (Å²) in [7, 11) is 3.44. The molecule has 1 atom stereocenters. The summed E-state index contributed by atoms with van der Waals surface area (Å²) in [5, 5.41) is 2.80. The van der Waals surface area contributed by atoms with Gasteiger partial charge in [-0.2, -0.15) is 0 Å². The fraction of sp³-hybridized carbons (Fsp3) is 0.500. The third-order valence-electron chi connectivity index (χ3n) is 3.36. The molecular weight excluding hydrogens is 256 g/mol. The first-order valence-corrected chi connectivity index (χ1v) is 6.76. The number of aromatic nitrogens is 1. The van der Waals surface area contributed by atoms with E-state index in [-0.39, 0.29) is 17.9 Å². The Morgan fingerprint density at radius 2 is 2.20 bits per heavy atom. The Balaban J connectivity index is 1.95. The Morgan fingerprint density at radius 1 is 1.40 bits per heavy atom. The molecule has 108 valence electrons. The lowest BCUT2D eigenvalue weighted by Crippen LogP contribution is -2.47. The maximum atomic E-state index is 12.2. The van der Waals surface area contributed by atoms with Crippen LogP contribution in [-0.2, 0) is 4.79 Å². The first kappa shape index (κ1) is 14.3. The second-order valence-corrected chi connectivity index (χ2v) is 5.17. The number of hydrogen-bond donors (Lipinski definition) is 1. The van der Waals surface area contributed by atoms with Gasteiger partial charge in [0.2, 0.25) is 5.91 Å². The van der Waals surface area contributed by atoms with E-state index in [1.54, 1.807) is 42.2 Å². The first-order chi connectivity index (χ1) is 9.58. The zero-order valence-corrected chi connectivity index (χ0v) is 11.9. The summed E-state index contributed by atoms with van der Waals surface area (Å²) < 4.78 is 0. The summed E-state index contributed by atoms with van der Waals surface area (Å²) in [6.45, 7) is 1.18. The number of piperidine rings is 1. The van der Waals surface area contributed by atoms with Crippen LogP contribution in [0.25, 0.3) is 0 Å². The van der Waals surface area contributed by atoms with Crippen molar-refractivity contribution in [3.8, 4) is 0 Å². The number of likely N-dealkylation sites (tertiary alicyclic amines) is 1. The van der Waals surface area contributed by atoms with Crippen molar-refractivity contribution in [2.45, 2.75) is 12.8 Å². The van der Waals surface area contributed by atoms with Crippen molar-refractivity contribution in [2.75, 3.05) is 32.5 Å². The molecule has 1 N–H and O–H groups in total. The lowest BCUT2D eigenvalue weighted by Gasteiger charge is -2.33. The molecule has 0 unspecified atom stereocenters. The Morgan fingerprint density at radius 3 is 2.85 bits per heavy atom. The van der Waals surface area contributed by atoms with Gasteiger partial charge in [-0.15, -0.1) is 0 Å². The summed E-state index contributed by atoms with van der Waals surface area (Å²) in [5.74, 6) is 0.308. The molecule has 1 aromatic heterocycles. The molecule has 0 radical (unpaired) electrons. The van der Waals surface area contributed by atoms with Crippen LogP contribution in [-0.4, -0.2) is 53.9 Å². The minimum Gasteiger partial charge on any atom is -0.331 e. The lowest BCUT2D eigenvalue weighted by molar-refractivity contribution is -0.121. The number of anilines is 1. The van der Waals surface area contributed by atoms with E-state index in [4.69, 9.17) is 0 Å². The van der Waals surface area contributed by atoms with E-state index < -0.39 is 0 Å². The van der Waals surface area contributed by atoms with Gasteiger partial charge >= 0.3 is 6.03 Å². The van der Waals surface area contributed by atoms with Gasteiger partial charge in [-0.3, -0.25) is 4.79 Å². The SMILES string of the molecule is CN(C)C(=O)N1CCC[C@@H](C(=O)Nc2ccccn2)C1. The summed E-state index contributed by atoms with van der Waals surface area (Å²) in [5.41, 5.74) is 0. The third kappa shape index (κ3) is 3.46. The quantitative estimate of drug-likeness (QED) is 0.888. The fourth-order valence-corrected chi connectivity index (χ4v) is 2.31. The van der Waals surface area contributed by atoms with Gasteiger partial charge in [0, 0.05) is 33.4 Å². The van der Waals surface area contributed by atoms with Crippen molar-refractivity contribution in [2.24, 2.45) is 5.92 Å². The van der Waals surface area contributed by atoms with E-state index in [0.29, 0.717) is 18.9 Å². The minimum absolute atomic E-state index is 0.0414. The second-order valence-electron chi connectivity index (χ2n) is 5.17. The molecule has 0 spiro atoms. The second kappa shape index (κ2) is 6.36. The third-order valence-corrected chi connectivity index (χ3v) is 3.36. The summed E-state index contributed by atoms with van der Waals surface area (Å²) in [6, 6.07) is 5.34. The molecule has 0 aliphatic carbocycles. The molecule has 0 bridgehead atoms. The number of carbonyl (C=O) groups is 2. The molecule has 1 aromatic rings. The molecule has 0 saturated carbocycles. The molecule has 6 nitrogen and oxygen atoms in total. The van der Waals surface area contributed by atoms with Crippen molar-refractivity contribution in [1.29, 1.82) is 0 Å². The van der Waals surface area contributed by atoms with Crippen LogP contribution in [0.2, 0.25) is 0 Å². The van der Waals surface area contributed by atoms with Crippen LogP contribution < -0.4 is 5.32 Å². The number of urea groups is 1. The van der Waals surface area contributed by atoms with Crippen molar-refractivity contribution >= 4 is 17.8 Å². The maximum absolute atomic E-state index is 12.2. The van der Waals surface area contributed by atoms with Crippen LogP contribution in [0.1, 0.15) is 12.8 Å². The van der Waals surface area contributed by atoms with E-state index in [0.717, 1.165) is 12.8 Å². The van der Waals surface area contributed by atoms with Crippen LogP contribution in [0.5, 0.6) is 0 Å². The van der Waals surface area contributed by atoms with E-state index in [2.05, 4.69) is 10.3 Å². The molecule has 1 fully saturated rings. The van der Waals surface area contributed by atoms with Crippen LogP contribution in [0.15, 0.2) is 24.4 Å². The molecule has 20 heavy (non-hydrogen) atoms. The van der Waals surface area contributed by atoms with E-state index in [1.165, 1.54) is 0 Å². The van der Waals surface area contributed by atoms with Crippen LogP contribution >= 0.6 is 0 Å². The predicted octanol–water partition coefficient (Wildman–Crippen LogP) is 1.41. The molecule has 6 heteroatoms. The van der Waals surface area contributed by atoms with Gasteiger partial charge in [0.25, 0.3) is 0 Å². The van der Waals surface area contributed by atoms with Gasteiger partial charge in [0.1, 0.15) is 5.82 Å². The zero-order chi connectivity index (χ0) is 14.5. The highest BCUT2D eigenvalue weighted by Crippen LogP contribution is 2.19. The van der Waals surface area contributed by atoms with Gasteiger partial charge in [-0.05, 0) is 25.0 Å². The number of amides is 3. The Bertz CT molecular complexity index is 475. The number of carbonyl (C=O) groups excluding carboxylic acids is 2. The summed E-state index contributed by atoms with van der Waals surface area (Å²) in [4.78, 5) is 31.5. The van der Waals surface area contributed by atoms with Crippen molar-refractivity contribution in [3.05, 3.63) is 24.4 Å². The molecule has 1 aliphatic heterocycles. The fourth-order valence-electron chi connectivity index (χ4n) is 2.31. The smallest absolute Gasteiger partial charge is 0.319 e. The van der Waals surface area contributed by atoms with E-state index >= 15 is 0 Å². The predicted molar refractivity (Wildman–Crippen MR) is 76.2 cm³/mol. The van der Waals surface area contributed by atoms with E-state index in [9.17, 15) is 9.59 Å². The highest BCUT2D eigenvalue weighted by atomic mass is 16.2. The Kier molecular flexibility index (Phi) is 4.55. The number of pyridine rings is 1. The average molecular weight is 276 g/mol. The number of hydrogen-bond acceptors (Lipinski definition) is 3. The standard InChI is InChI=1S/C14H20N4O2/c1-17(2)14(20)18-9-5-6-11(10-18)13(19)16-12-7-3-4-8-15-12/h3-4,7-8,11H,5-6,9-10H2,1-2H3,(H,15,16,19)/t11-/m1/s1. The van der Waals surface area contributed by atoms with Crippen molar-refractivity contribution in [3.63, 3.8) is 0 Å². The molecular formula is C14H20N4O2. The van der Waals surface area contributed by atoms with Gasteiger partial charge in [-0.1, -0.05) is 6.07 Å². The van der Waals surface area contributed by atoms with Crippen LogP contribution in [0.3, 0.4) is 0 Å². The first-order valence-electron chi connectivity index (χ1n) is 6.76. The normalized spacial score (nSPS) is 18.5. The number of nitrogens with one attached hydrogen (secondary N) is 1. The Labute approximate surface area is 118 Å². The molecule has 1 aliphatic rings. The highest BCUT2D eigenvalue weighted by molar-refractivity contribution is 5.92. The van der Waals surface area contributed by atoms with Gasteiger partial charge in [0.15, 0.2) is 0 Å². The zero-order valence-electron chi connectivity index (χ0n) is 11.9. The van der Waals surface area contributed by atoms with E-state index in [1.807, 2.05) is 6.07 Å². The Hall–Kier alpha value is -2.11. The number of nitrogens with zero attached hydrogens (tertiary/aromatic N) is 3. The summed E-state index contributed by atoms with van der Waals surface area (Å²) in [6.07, 6.45) is 3.29. The van der Waals surface area contributed by atoms with Crippen molar-refractivity contribution in [1.82, 2.24) is 14.8 Å². The van der Waals surface area contributed by atoms with Gasteiger partial charge in [0.05, 0.1) is 5.92 Å². The molecule has 2 heterocycles. The van der Waals surface area contributed by atoms with Crippen LogP contribution in [0.4, 0.5) is 10.6 Å². The molecule has 2 rings (SSSR count). The van der Waals surface area contributed by atoms with Gasteiger partial charge in [-0.25, -0.2) is 9.78 Å². The van der Waals surface area contributed by atoms with Crippen molar-refractivity contribution < 1.29 is 9.59 Å². The topological polar surface area (TPSA) is 65.5 Å². The maximum Gasteiger partial charge on any atom is 0.319 e. The molecule has 0 aromatic carbocycles. The number of rotatable bonds is 2. The largest absolute Gasteiger partial charge is 0.331 e. The molecule has 3 amide bonds. The lowest BCUT2D eigenvalue weighted by atomic mass is 9.97. The monoisotopic (exact) mass is 276 g/mol. The molecule has 1 saturated heterocycles. The van der Waals surface area contributed by atoms with Gasteiger partial charge < -0.3 is 15.1 Å². The van der Waals surface area contributed by atoms with Crippen LogP contribution in [0, 0.1) is 5.92 Å². The summed E-state index contributed by atoms with van der Waals surface area (Å²) >= 11 is 0. The minimum atomic E-state index is -0.172.